The Bertz CT molecular complexity index is 1410. The lowest BCUT2D eigenvalue weighted by atomic mass is 9.87. The van der Waals surface area contributed by atoms with Gasteiger partial charge in [-0.15, -0.1) is 0 Å². The predicted octanol–water partition coefficient (Wildman–Crippen LogP) is 7.36. The summed E-state index contributed by atoms with van der Waals surface area (Å²) in [6.45, 7) is 8.87. The van der Waals surface area contributed by atoms with Gasteiger partial charge in [-0.25, -0.2) is 9.59 Å². The Morgan fingerprint density at radius 3 is 1.29 bits per heavy atom. The van der Waals surface area contributed by atoms with E-state index in [-0.39, 0.29) is 23.8 Å². The minimum atomic E-state index is -0.301. The lowest BCUT2D eigenvalue weighted by Gasteiger charge is -2.17. The first-order chi connectivity index (χ1) is 16.4. The van der Waals surface area contributed by atoms with Gasteiger partial charge in [0.25, 0.3) is 0 Å². The van der Waals surface area contributed by atoms with Gasteiger partial charge < -0.3 is 9.47 Å². The van der Waals surface area contributed by atoms with Crippen LogP contribution in [0.2, 0.25) is 0 Å². The van der Waals surface area contributed by atoms with Crippen molar-refractivity contribution >= 4 is 55.0 Å². The quantitative estimate of drug-likeness (QED) is 0.153. The van der Waals surface area contributed by atoms with Gasteiger partial charge in [-0.05, 0) is 67.1 Å². The van der Waals surface area contributed by atoms with Crippen LogP contribution in [0, 0.1) is 11.8 Å². The first-order valence-corrected chi connectivity index (χ1v) is 11.8. The van der Waals surface area contributed by atoms with Gasteiger partial charge in [0.05, 0.1) is 24.3 Å². The van der Waals surface area contributed by atoms with Crippen molar-refractivity contribution < 1.29 is 19.1 Å². The van der Waals surface area contributed by atoms with E-state index in [2.05, 4.69) is 12.1 Å². The average molecular weight is 453 g/mol. The standard InChI is InChI=1S/C30H28O4/c1-17(2)15-33-29(31)25-13-11-23-24-12-14-26(30(32)34-16-18(3)4)22-10-6-8-20(28(22)24)19-7-5-9-21(25)27(19)23/h5-14,17-18H,15-16H2,1-4H3. The zero-order valence-electron chi connectivity index (χ0n) is 20.0. The molecule has 0 aliphatic carbocycles. The molecule has 0 atom stereocenters. The van der Waals surface area contributed by atoms with E-state index in [1.807, 2.05) is 76.2 Å². The molecule has 0 saturated heterocycles. The Labute approximate surface area is 198 Å². The largest absolute Gasteiger partial charge is 0.462 e. The summed E-state index contributed by atoms with van der Waals surface area (Å²) < 4.78 is 11.1. The molecule has 0 unspecified atom stereocenters. The van der Waals surface area contributed by atoms with Crippen LogP contribution >= 0.6 is 0 Å². The van der Waals surface area contributed by atoms with Crippen molar-refractivity contribution in [1.29, 1.82) is 0 Å². The summed E-state index contributed by atoms with van der Waals surface area (Å²) in [5.41, 5.74) is 1.15. The van der Waals surface area contributed by atoms with Crippen LogP contribution < -0.4 is 0 Å². The van der Waals surface area contributed by atoms with E-state index in [1.54, 1.807) is 0 Å². The Hall–Kier alpha value is -3.66. The monoisotopic (exact) mass is 452 g/mol. The van der Waals surface area contributed by atoms with Gasteiger partial charge in [0.1, 0.15) is 0 Å². The summed E-state index contributed by atoms with van der Waals surface area (Å²) in [6.07, 6.45) is 0. The van der Waals surface area contributed by atoms with E-state index in [4.69, 9.17) is 9.47 Å². The number of hydrogen-bond acceptors (Lipinski definition) is 4. The van der Waals surface area contributed by atoms with Crippen molar-refractivity contribution in [3.63, 3.8) is 0 Å². The molecule has 5 rings (SSSR count). The molecule has 34 heavy (non-hydrogen) atoms. The van der Waals surface area contributed by atoms with Crippen molar-refractivity contribution in [3.8, 4) is 0 Å². The van der Waals surface area contributed by atoms with Gasteiger partial charge in [0, 0.05) is 0 Å². The van der Waals surface area contributed by atoms with Gasteiger partial charge in [-0.2, -0.15) is 0 Å². The van der Waals surface area contributed by atoms with Gasteiger partial charge in [0.2, 0.25) is 0 Å². The van der Waals surface area contributed by atoms with Crippen LogP contribution in [0.25, 0.3) is 43.1 Å². The summed E-state index contributed by atoms with van der Waals surface area (Å²) in [6, 6.07) is 19.8. The number of hydrogen-bond donors (Lipinski definition) is 0. The molecule has 172 valence electrons. The maximum absolute atomic E-state index is 12.9. The second-order valence-corrected chi connectivity index (χ2v) is 9.76. The SMILES string of the molecule is CC(C)COC(=O)c1ccc2c3ccc(C(=O)OCC(C)C)c4cccc(c5cccc1c52)c43. The highest BCUT2D eigenvalue weighted by Gasteiger charge is 2.21. The van der Waals surface area contributed by atoms with E-state index >= 15 is 0 Å². The van der Waals surface area contributed by atoms with Crippen molar-refractivity contribution in [3.05, 3.63) is 71.8 Å². The van der Waals surface area contributed by atoms with Gasteiger partial charge >= 0.3 is 11.9 Å². The Morgan fingerprint density at radius 1 is 0.559 bits per heavy atom. The fourth-order valence-electron chi connectivity index (χ4n) is 4.71. The number of rotatable bonds is 6. The van der Waals surface area contributed by atoms with Crippen molar-refractivity contribution in [2.75, 3.05) is 13.2 Å². The normalized spacial score (nSPS) is 11.9. The van der Waals surface area contributed by atoms with E-state index in [0.717, 1.165) is 43.1 Å². The summed E-state index contributed by atoms with van der Waals surface area (Å²) in [4.78, 5) is 25.8. The molecule has 0 heterocycles. The Kier molecular flexibility index (Phi) is 5.60. The summed E-state index contributed by atoms with van der Waals surface area (Å²) in [5.74, 6) is -0.0565. The zero-order valence-corrected chi connectivity index (χ0v) is 20.0. The highest BCUT2D eigenvalue weighted by Crippen LogP contribution is 2.42. The van der Waals surface area contributed by atoms with E-state index < -0.39 is 0 Å². The van der Waals surface area contributed by atoms with E-state index in [9.17, 15) is 9.59 Å². The zero-order chi connectivity index (χ0) is 24.0. The molecule has 0 aromatic heterocycles. The van der Waals surface area contributed by atoms with Crippen LogP contribution in [0.1, 0.15) is 48.4 Å². The van der Waals surface area contributed by atoms with Crippen LogP contribution in [-0.4, -0.2) is 25.2 Å². The third-order valence-electron chi connectivity index (χ3n) is 6.20. The Morgan fingerprint density at radius 2 is 0.912 bits per heavy atom. The number of carbonyl (C=O) groups excluding carboxylic acids is 2. The topological polar surface area (TPSA) is 52.6 Å². The molecule has 5 aromatic rings. The number of esters is 2. The summed E-state index contributed by atoms with van der Waals surface area (Å²) >= 11 is 0. The minimum absolute atomic E-state index is 0.273. The molecule has 0 amide bonds. The molecule has 4 heteroatoms. The molecular formula is C30H28O4. The Balaban J connectivity index is 1.76. The third kappa shape index (κ3) is 3.63. The minimum Gasteiger partial charge on any atom is -0.462 e. The van der Waals surface area contributed by atoms with Crippen LogP contribution in [0.4, 0.5) is 0 Å². The van der Waals surface area contributed by atoms with Crippen LogP contribution in [-0.2, 0) is 9.47 Å². The molecule has 0 aliphatic heterocycles. The van der Waals surface area contributed by atoms with Crippen LogP contribution in [0.5, 0.6) is 0 Å². The molecule has 0 saturated carbocycles. The molecule has 0 N–H and O–H groups in total. The molecule has 0 fully saturated rings. The average Bonchev–Trinajstić information content (AvgIpc) is 2.83. The first-order valence-electron chi connectivity index (χ1n) is 11.8. The lowest BCUT2D eigenvalue weighted by molar-refractivity contribution is 0.0453. The van der Waals surface area contributed by atoms with E-state index in [1.165, 1.54) is 0 Å². The molecule has 0 aliphatic rings. The maximum Gasteiger partial charge on any atom is 0.338 e. The van der Waals surface area contributed by atoms with Crippen molar-refractivity contribution in [2.24, 2.45) is 11.8 Å². The maximum atomic E-state index is 12.9. The second-order valence-electron chi connectivity index (χ2n) is 9.76. The lowest BCUT2D eigenvalue weighted by Crippen LogP contribution is -2.11. The number of carbonyl (C=O) groups is 2. The highest BCUT2D eigenvalue weighted by atomic mass is 16.5. The predicted molar refractivity (Wildman–Crippen MR) is 138 cm³/mol. The van der Waals surface area contributed by atoms with Gasteiger partial charge in [0.15, 0.2) is 0 Å². The smallest absolute Gasteiger partial charge is 0.338 e. The van der Waals surface area contributed by atoms with Gasteiger partial charge in [-0.1, -0.05) is 76.2 Å². The van der Waals surface area contributed by atoms with E-state index in [0.29, 0.717) is 24.3 Å². The van der Waals surface area contributed by atoms with Gasteiger partial charge in [-0.3, -0.25) is 0 Å². The highest BCUT2D eigenvalue weighted by molar-refractivity contribution is 6.35. The van der Waals surface area contributed by atoms with Crippen molar-refractivity contribution in [1.82, 2.24) is 0 Å². The molecule has 4 nitrogen and oxygen atoms in total. The second kappa shape index (κ2) is 8.60. The number of benzene rings is 5. The molecular weight excluding hydrogens is 424 g/mol. The first kappa shape index (κ1) is 22.1. The molecule has 0 bridgehead atoms. The van der Waals surface area contributed by atoms with Crippen LogP contribution in [0.15, 0.2) is 60.7 Å². The van der Waals surface area contributed by atoms with Crippen LogP contribution in [0.3, 0.4) is 0 Å². The number of fused-ring (bicyclic) bond motifs is 2. The number of ether oxygens (including phenoxy) is 2. The fraction of sp³-hybridized carbons (Fsp3) is 0.267. The fourth-order valence-corrected chi connectivity index (χ4v) is 4.71. The summed E-state index contributed by atoms with van der Waals surface area (Å²) in [5, 5.41) is 8.05. The molecule has 0 radical (unpaired) electrons. The molecule has 0 spiro atoms. The third-order valence-corrected chi connectivity index (χ3v) is 6.20. The summed E-state index contributed by atoms with van der Waals surface area (Å²) in [7, 11) is 0. The molecule has 5 aromatic carbocycles. The van der Waals surface area contributed by atoms with Crippen molar-refractivity contribution in [2.45, 2.75) is 27.7 Å².